The van der Waals surface area contributed by atoms with Gasteiger partial charge in [0.25, 0.3) is 0 Å². The van der Waals surface area contributed by atoms with E-state index in [1.807, 2.05) is 0 Å². The molecule has 104 valence electrons. The molecule has 2 rings (SSSR count). The van der Waals surface area contributed by atoms with Gasteiger partial charge in [0.2, 0.25) is 0 Å². The van der Waals surface area contributed by atoms with Crippen molar-refractivity contribution < 1.29 is 4.74 Å². The SMILES string of the molecule is CC(OC=C1CCCCC1)C1CCCCSCC1. The lowest BCUT2D eigenvalue weighted by atomic mass is 9.93. The summed E-state index contributed by atoms with van der Waals surface area (Å²) in [6.45, 7) is 2.27. The van der Waals surface area contributed by atoms with Crippen LogP contribution >= 0.6 is 11.8 Å². The van der Waals surface area contributed by atoms with Crippen molar-refractivity contribution in [3.8, 4) is 0 Å². The van der Waals surface area contributed by atoms with Crippen molar-refractivity contribution >= 4 is 11.8 Å². The summed E-state index contributed by atoms with van der Waals surface area (Å²) < 4.78 is 6.05. The van der Waals surface area contributed by atoms with E-state index in [4.69, 9.17) is 4.74 Å². The Hall–Kier alpha value is -0.110. The van der Waals surface area contributed by atoms with Crippen molar-refractivity contribution in [3.05, 3.63) is 11.8 Å². The Balaban J connectivity index is 1.76. The number of rotatable bonds is 3. The van der Waals surface area contributed by atoms with Gasteiger partial charge in [0.05, 0.1) is 12.4 Å². The molecule has 1 saturated carbocycles. The van der Waals surface area contributed by atoms with Crippen LogP contribution in [-0.2, 0) is 4.74 Å². The smallest absolute Gasteiger partial charge is 0.0978 e. The van der Waals surface area contributed by atoms with Crippen molar-refractivity contribution in [1.82, 2.24) is 0 Å². The molecule has 2 aliphatic rings. The highest BCUT2D eigenvalue weighted by Gasteiger charge is 2.19. The highest BCUT2D eigenvalue weighted by molar-refractivity contribution is 7.99. The third-order valence-corrected chi connectivity index (χ3v) is 5.46. The van der Waals surface area contributed by atoms with Crippen LogP contribution in [-0.4, -0.2) is 17.6 Å². The maximum atomic E-state index is 6.05. The lowest BCUT2D eigenvalue weighted by Crippen LogP contribution is -2.21. The van der Waals surface area contributed by atoms with E-state index < -0.39 is 0 Å². The molecule has 0 N–H and O–H groups in total. The second-order valence-electron chi connectivity index (χ2n) is 5.83. The Labute approximate surface area is 117 Å². The minimum atomic E-state index is 0.415. The van der Waals surface area contributed by atoms with Gasteiger partial charge in [0.1, 0.15) is 0 Å². The molecule has 1 aliphatic heterocycles. The number of ether oxygens (including phenoxy) is 1. The largest absolute Gasteiger partial charge is 0.498 e. The molecule has 2 unspecified atom stereocenters. The first-order chi connectivity index (χ1) is 8.86. The van der Waals surface area contributed by atoms with E-state index >= 15 is 0 Å². The van der Waals surface area contributed by atoms with Gasteiger partial charge in [-0.1, -0.05) is 12.8 Å². The highest BCUT2D eigenvalue weighted by Crippen LogP contribution is 2.27. The first-order valence-electron chi connectivity index (χ1n) is 7.77. The van der Waals surface area contributed by atoms with E-state index in [1.165, 1.54) is 69.3 Å². The zero-order valence-corrected chi connectivity index (χ0v) is 12.6. The van der Waals surface area contributed by atoms with Gasteiger partial charge >= 0.3 is 0 Å². The van der Waals surface area contributed by atoms with Crippen LogP contribution in [0.25, 0.3) is 0 Å². The molecule has 0 aromatic heterocycles. The van der Waals surface area contributed by atoms with Crippen LogP contribution in [0.1, 0.15) is 64.7 Å². The zero-order valence-electron chi connectivity index (χ0n) is 11.8. The van der Waals surface area contributed by atoms with Crippen molar-refractivity contribution in [3.63, 3.8) is 0 Å². The summed E-state index contributed by atoms with van der Waals surface area (Å²) in [4.78, 5) is 0. The maximum Gasteiger partial charge on any atom is 0.0978 e. The molecule has 2 atom stereocenters. The zero-order chi connectivity index (χ0) is 12.6. The molecule has 1 heterocycles. The quantitative estimate of drug-likeness (QED) is 0.654. The topological polar surface area (TPSA) is 9.23 Å². The van der Waals surface area contributed by atoms with Crippen LogP contribution < -0.4 is 0 Å². The van der Waals surface area contributed by atoms with Crippen molar-refractivity contribution in [2.45, 2.75) is 70.8 Å². The first-order valence-corrected chi connectivity index (χ1v) is 8.93. The third-order valence-electron chi connectivity index (χ3n) is 4.36. The van der Waals surface area contributed by atoms with Crippen LogP contribution in [0.15, 0.2) is 11.8 Å². The number of hydrogen-bond donors (Lipinski definition) is 0. The molecule has 0 spiro atoms. The molecule has 0 bridgehead atoms. The van der Waals surface area contributed by atoms with Crippen molar-refractivity contribution in [2.24, 2.45) is 5.92 Å². The molecule has 0 aromatic rings. The van der Waals surface area contributed by atoms with E-state index in [9.17, 15) is 0 Å². The van der Waals surface area contributed by atoms with Gasteiger partial charge in [-0.05, 0) is 74.9 Å². The van der Waals surface area contributed by atoms with Crippen LogP contribution in [0.3, 0.4) is 0 Å². The van der Waals surface area contributed by atoms with Gasteiger partial charge in [-0.2, -0.15) is 11.8 Å². The minimum Gasteiger partial charge on any atom is -0.498 e. The standard InChI is InChI=1S/C16H28OS/c1-14(16-9-5-6-11-18-12-10-16)17-13-15-7-3-2-4-8-15/h13-14,16H,2-12H2,1H3. The third kappa shape index (κ3) is 4.87. The number of hydrogen-bond acceptors (Lipinski definition) is 2. The van der Waals surface area contributed by atoms with Crippen molar-refractivity contribution in [2.75, 3.05) is 11.5 Å². The van der Waals surface area contributed by atoms with Crippen LogP contribution in [0.5, 0.6) is 0 Å². The molecule has 18 heavy (non-hydrogen) atoms. The summed E-state index contributed by atoms with van der Waals surface area (Å²) in [5.41, 5.74) is 1.55. The first kappa shape index (κ1) is 14.3. The molecular weight excluding hydrogens is 240 g/mol. The molecule has 0 amide bonds. The van der Waals surface area contributed by atoms with Crippen LogP contribution in [0.4, 0.5) is 0 Å². The summed E-state index contributed by atoms with van der Waals surface area (Å²) in [6.07, 6.45) is 14.7. The molecule has 1 saturated heterocycles. The average Bonchev–Trinajstić information content (AvgIpc) is 2.37. The van der Waals surface area contributed by atoms with E-state index in [2.05, 4.69) is 24.9 Å². The molecule has 0 aromatic carbocycles. The molecule has 1 aliphatic carbocycles. The van der Waals surface area contributed by atoms with Gasteiger partial charge in [0, 0.05) is 0 Å². The van der Waals surface area contributed by atoms with E-state index in [0.29, 0.717) is 6.10 Å². The monoisotopic (exact) mass is 268 g/mol. The van der Waals surface area contributed by atoms with Crippen LogP contribution in [0.2, 0.25) is 0 Å². The Kier molecular flexibility index (Phi) is 6.47. The summed E-state index contributed by atoms with van der Waals surface area (Å²) in [7, 11) is 0. The minimum absolute atomic E-state index is 0.415. The lowest BCUT2D eigenvalue weighted by Gasteiger charge is -2.26. The number of thioether (sulfide) groups is 1. The molecule has 2 heteroatoms. The molecule has 2 fully saturated rings. The predicted octanol–water partition coefficient (Wildman–Crippen LogP) is 5.16. The highest BCUT2D eigenvalue weighted by atomic mass is 32.2. The van der Waals surface area contributed by atoms with E-state index in [1.54, 1.807) is 5.57 Å². The fourth-order valence-corrected chi connectivity index (χ4v) is 4.08. The lowest BCUT2D eigenvalue weighted by molar-refractivity contribution is 0.0915. The van der Waals surface area contributed by atoms with Gasteiger partial charge < -0.3 is 4.74 Å². The average molecular weight is 268 g/mol. The summed E-state index contributed by atoms with van der Waals surface area (Å²) in [5, 5.41) is 0. The summed E-state index contributed by atoms with van der Waals surface area (Å²) >= 11 is 2.13. The van der Waals surface area contributed by atoms with Gasteiger partial charge in [-0.3, -0.25) is 0 Å². The second-order valence-corrected chi connectivity index (χ2v) is 7.06. The van der Waals surface area contributed by atoms with Gasteiger partial charge in [-0.25, -0.2) is 0 Å². The second kappa shape index (κ2) is 8.14. The molecule has 0 radical (unpaired) electrons. The molecule has 1 nitrogen and oxygen atoms in total. The van der Waals surface area contributed by atoms with E-state index in [0.717, 1.165) is 5.92 Å². The fraction of sp³-hybridized carbons (Fsp3) is 0.875. The Morgan fingerprint density at radius 1 is 1.06 bits per heavy atom. The Morgan fingerprint density at radius 3 is 2.72 bits per heavy atom. The summed E-state index contributed by atoms with van der Waals surface area (Å²) in [6, 6.07) is 0. The Bertz CT molecular complexity index is 246. The summed E-state index contributed by atoms with van der Waals surface area (Å²) in [5.74, 6) is 3.47. The number of allylic oxidation sites excluding steroid dienone is 1. The van der Waals surface area contributed by atoms with Crippen molar-refractivity contribution in [1.29, 1.82) is 0 Å². The maximum absolute atomic E-state index is 6.05. The van der Waals surface area contributed by atoms with Gasteiger partial charge in [-0.15, -0.1) is 0 Å². The fourth-order valence-electron chi connectivity index (χ4n) is 3.00. The van der Waals surface area contributed by atoms with Gasteiger partial charge in [0.15, 0.2) is 0 Å². The molecular formula is C16H28OS. The van der Waals surface area contributed by atoms with Crippen LogP contribution in [0, 0.1) is 5.92 Å². The predicted molar refractivity (Wildman–Crippen MR) is 81.0 cm³/mol. The Morgan fingerprint density at radius 2 is 1.89 bits per heavy atom. The van der Waals surface area contributed by atoms with E-state index in [-0.39, 0.29) is 0 Å². The normalized spacial score (nSPS) is 28.1.